The minimum absolute atomic E-state index is 0. The number of hydrogen-bond acceptors (Lipinski definition) is 0. The van der Waals surface area contributed by atoms with Crippen LogP contribution in [0, 0.1) is 6.92 Å². The van der Waals surface area contributed by atoms with E-state index in [1.807, 2.05) is 24.3 Å². The zero-order valence-corrected chi connectivity index (χ0v) is 10.9. The van der Waals surface area contributed by atoms with Crippen LogP contribution in [-0.4, -0.2) is 0 Å². The van der Waals surface area contributed by atoms with Crippen molar-refractivity contribution in [1.29, 1.82) is 0 Å². The van der Waals surface area contributed by atoms with Crippen LogP contribution < -0.4 is 0 Å². The molecule has 0 heterocycles. The first-order chi connectivity index (χ1) is 3.80. The summed E-state index contributed by atoms with van der Waals surface area (Å²) >= 11 is 5.65. The van der Waals surface area contributed by atoms with Gasteiger partial charge in [0.1, 0.15) is 0 Å². The maximum Gasteiger partial charge on any atom is 0 e. The predicted molar refractivity (Wildman–Crippen MR) is 46.2 cm³/mol. The summed E-state index contributed by atoms with van der Waals surface area (Å²) in [6, 6.07) is 7.50. The van der Waals surface area contributed by atoms with Gasteiger partial charge in [-0.3, -0.25) is 0 Å². The van der Waals surface area contributed by atoms with Crippen molar-refractivity contribution in [2.24, 2.45) is 0 Å². The van der Waals surface area contributed by atoms with E-state index in [1.165, 1.54) is 0 Å². The van der Waals surface area contributed by atoms with Crippen molar-refractivity contribution < 1.29 is 19.5 Å². The molecule has 0 radical (unpaired) electrons. The van der Waals surface area contributed by atoms with E-state index in [9.17, 15) is 0 Å². The second kappa shape index (κ2) is 6.21. The van der Waals surface area contributed by atoms with Crippen molar-refractivity contribution in [3.63, 3.8) is 0 Å². The molecule has 0 atom stereocenters. The maximum absolute atomic E-state index is 5.65. The Hall–Kier alpha value is 0.483. The first kappa shape index (κ1) is 13.1. The van der Waals surface area contributed by atoms with Gasteiger partial charge in [-0.1, -0.05) is 11.1 Å². The fraction of sp³-hybridized carbons (Fsp3) is 0. The Balaban J connectivity index is 0. The van der Waals surface area contributed by atoms with E-state index in [0.29, 0.717) is 0 Å². The molecule has 3 heteroatoms. The molecule has 0 fully saturated rings. The van der Waals surface area contributed by atoms with Crippen LogP contribution in [0.1, 0.15) is 5.56 Å². The summed E-state index contributed by atoms with van der Waals surface area (Å²) in [6.45, 7) is 3.69. The molecule has 0 aliphatic heterocycles. The average molecular weight is 272 g/mol. The van der Waals surface area contributed by atoms with E-state index in [1.54, 1.807) is 0 Å². The Bertz CT molecular complexity index is 170. The van der Waals surface area contributed by atoms with Crippen LogP contribution in [0.2, 0.25) is 5.02 Å². The van der Waals surface area contributed by atoms with E-state index in [0.717, 1.165) is 10.6 Å². The van der Waals surface area contributed by atoms with Crippen molar-refractivity contribution >= 4 is 28.6 Å². The quantitative estimate of drug-likeness (QED) is 0.503. The van der Waals surface area contributed by atoms with Crippen LogP contribution in [0.3, 0.4) is 0 Å². The van der Waals surface area contributed by atoms with Gasteiger partial charge in [-0.15, -0.1) is 29.1 Å². The van der Waals surface area contributed by atoms with Gasteiger partial charge in [-0.2, -0.15) is 30.2 Å². The summed E-state index contributed by atoms with van der Waals surface area (Å²) in [5, 5.41) is 0.729. The van der Waals surface area contributed by atoms with Crippen LogP contribution in [0.5, 0.6) is 0 Å². The molecule has 0 bridgehead atoms. The topological polar surface area (TPSA) is 0 Å². The standard InChI is InChI=1S/C7H6Cl.BrH.Zn/c1-6-4-2-3-5-7(6)8;;/h2-5H,1H2;1H;/q-1;;. The Morgan fingerprint density at radius 3 is 2.00 bits per heavy atom. The Morgan fingerprint density at radius 1 is 1.20 bits per heavy atom. The van der Waals surface area contributed by atoms with Gasteiger partial charge in [0, 0.05) is 19.5 Å². The van der Waals surface area contributed by atoms with Gasteiger partial charge in [0.2, 0.25) is 0 Å². The molecule has 0 aromatic heterocycles. The molecule has 1 rings (SSSR count). The van der Waals surface area contributed by atoms with Gasteiger partial charge in [-0.25, -0.2) is 0 Å². The summed E-state index contributed by atoms with van der Waals surface area (Å²) in [4.78, 5) is 0. The second-order valence-electron chi connectivity index (χ2n) is 1.59. The fourth-order valence-corrected chi connectivity index (χ4v) is 0.634. The molecule has 0 amide bonds. The molecule has 0 N–H and O–H groups in total. The maximum atomic E-state index is 5.65. The first-order valence-corrected chi connectivity index (χ1v) is 2.75. The third-order valence-electron chi connectivity index (χ3n) is 0.958. The van der Waals surface area contributed by atoms with Gasteiger partial charge >= 0.3 is 0 Å². The summed E-state index contributed by atoms with van der Waals surface area (Å²) in [5.74, 6) is 0. The molecule has 0 nitrogen and oxygen atoms in total. The Kier molecular flexibility index (Phi) is 8.14. The average Bonchev–Trinajstić information content (AvgIpc) is 1.77. The zero-order valence-electron chi connectivity index (χ0n) is 5.51. The van der Waals surface area contributed by atoms with Crippen molar-refractivity contribution in [1.82, 2.24) is 0 Å². The van der Waals surface area contributed by atoms with Gasteiger partial charge < -0.3 is 0 Å². The summed E-state index contributed by atoms with van der Waals surface area (Å²) in [7, 11) is 0. The summed E-state index contributed by atoms with van der Waals surface area (Å²) in [6.07, 6.45) is 0. The molecule has 0 spiro atoms. The third-order valence-corrected chi connectivity index (χ3v) is 1.33. The second-order valence-corrected chi connectivity index (χ2v) is 2.00. The van der Waals surface area contributed by atoms with E-state index in [2.05, 4.69) is 6.92 Å². The summed E-state index contributed by atoms with van der Waals surface area (Å²) in [5.41, 5.74) is 0.883. The normalized spacial score (nSPS) is 7.30. The molecule has 10 heavy (non-hydrogen) atoms. The molecule has 0 aliphatic carbocycles. The van der Waals surface area contributed by atoms with Crippen LogP contribution in [0.4, 0.5) is 0 Å². The monoisotopic (exact) mass is 269 g/mol. The van der Waals surface area contributed by atoms with Gasteiger partial charge in [-0.05, 0) is 0 Å². The molecular weight excluding hydrogens is 265 g/mol. The van der Waals surface area contributed by atoms with Crippen molar-refractivity contribution in [2.75, 3.05) is 0 Å². The van der Waals surface area contributed by atoms with Gasteiger partial charge in [0.15, 0.2) is 0 Å². The Labute approximate surface area is 89.5 Å². The summed E-state index contributed by atoms with van der Waals surface area (Å²) < 4.78 is 0. The third kappa shape index (κ3) is 3.60. The van der Waals surface area contributed by atoms with E-state index < -0.39 is 0 Å². The smallest absolute Gasteiger partial charge is 0 e. The number of halogens is 2. The number of benzene rings is 1. The molecule has 0 saturated heterocycles. The van der Waals surface area contributed by atoms with Crippen molar-refractivity contribution in [2.45, 2.75) is 0 Å². The molecule has 0 unspecified atom stereocenters. The SMILES string of the molecule is Br.[CH2-]c1ccccc1Cl.[Zn]. The van der Waals surface area contributed by atoms with Gasteiger partial charge in [0.05, 0.1) is 0 Å². The minimum atomic E-state index is 0. The predicted octanol–water partition coefficient (Wildman–Crippen LogP) is 3.10. The Morgan fingerprint density at radius 2 is 1.70 bits per heavy atom. The zero-order chi connectivity index (χ0) is 5.98. The largest absolute Gasteiger partial charge is 0.197 e. The molecule has 0 aliphatic rings. The number of rotatable bonds is 0. The fourth-order valence-electron chi connectivity index (χ4n) is 0.498. The van der Waals surface area contributed by atoms with E-state index in [4.69, 9.17) is 11.6 Å². The van der Waals surface area contributed by atoms with Crippen LogP contribution in [0.15, 0.2) is 24.3 Å². The molecule has 0 saturated carbocycles. The molecular formula is C7H7BrClZn-. The minimum Gasteiger partial charge on any atom is -0.197 e. The van der Waals surface area contributed by atoms with Crippen LogP contribution in [-0.2, 0) is 19.5 Å². The molecule has 1 aromatic carbocycles. The van der Waals surface area contributed by atoms with E-state index >= 15 is 0 Å². The van der Waals surface area contributed by atoms with Crippen molar-refractivity contribution in [3.8, 4) is 0 Å². The van der Waals surface area contributed by atoms with Crippen molar-refractivity contribution in [3.05, 3.63) is 41.8 Å². The van der Waals surface area contributed by atoms with Gasteiger partial charge in [0.25, 0.3) is 0 Å². The first-order valence-electron chi connectivity index (χ1n) is 2.37. The number of hydrogen-bond donors (Lipinski definition) is 0. The molecule has 52 valence electrons. The van der Waals surface area contributed by atoms with E-state index in [-0.39, 0.29) is 36.5 Å². The molecule has 1 aromatic rings. The van der Waals surface area contributed by atoms with Crippen LogP contribution >= 0.6 is 28.6 Å². The van der Waals surface area contributed by atoms with Crippen LogP contribution in [0.25, 0.3) is 0 Å².